The predicted molar refractivity (Wildman–Crippen MR) is 222 cm³/mol. The highest BCUT2D eigenvalue weighted by molar-refractivity contribution is 5.90. The first kappa shape index (κ1) is 40.7. The summed E-state index contributed by atoms with van der Waals surface area (Å²) < 4.78 is 30.5. The van der Waals surface area contributed by atoms with Crippen molar-refractivity contribution in [3.05, 3.63) is 158 Å². The highest BCUT2D eigenvalue weighted by Crippen LogP contribution is 2.47. The molecule has 3 aliphatic rings. The van der Waals surface area contributed by atoms with E-state index in [9.17, 15) is 19.5 Å². The lowest BCUT2D eigenvalue weighted by molar-refractivity contribution is -0.188. The monoisotopic (exact) mass is 784 g/mol. The maximum atomic E-state index is 14.4. The second kappa shape index (κ2) is 18.0. The summed E-state index contributed by atoms with van der Waals surface area (Å²) in [5.74, 6) is -0.830. The van der Waals surface area contributed by atoms with Crippen molar-refractivity contribution < 1.29 is 38.1 Å². The van der Waals surface area contributed by atoms with E-state index in [1.165, 1.54) is 16.7 Å². The molecular weight excluding hydrogens is 733 g/mol. The molecular formula is C49H52O9. The van der Waals surface area contributed by atoms with Gasteiger partial charge in [0.25, 0.3) is 0 Å². The largest absolute Gasteiger partial charge is 0.483 e. The van der Waals surface area contributed by atoms with Crippen molar-refractivity contribution >= 4 is 22.9 Å². The molecule has 9 heteroatoms. The van der Waals surface area contributed by atoms with Crippen LogP contribution in [0.4, 0.5) is 0 Å². The maximum Gasteiger partial charge on any atom is 0.339 e. The summed E-state index contributed by atoms with van der Waals surface area (Å²) in [5.41, 5.74) is 5.88. The Morgan fingerprint density at radius 1 is 0.810 bits per heavy atom. The summed E-state index contributed by atoms with van der Waals surface area (Å²) in [4.78, 5) is 41.9. The number of ether oxygens (including phenoxy) is 4. The van der Waals surface area contributed by atoms with Crippen LogP contribution in [-0.2, 0) is 55.9 Å². The molecule has 5 aromatic rings. The standard InChI is InChI=1S/C49H52O9/c1-31(30-50)40-21-19-32-13-15-35(16-14-32)27-37(18-17-34-11-8-12-36(26-34)25-33-9-6-5-7-10-33)28-42(51)55-45-43-41(58-49(2,3)46(45)57-48(40)53)22-20-38-29-39(23-24-54-4)47(52)56-44(38)43/h5-16,20,22,26,29,37,45-46,50H,17-19,21,23-25,27-28,30H2,1-4H3. The zero-order chi connectivity index (χ0) is 40.8. The molecule has 4 aromatic carbocycles. The molecule has 3 aliphatic heterocycles. The number of methoxy groups -OCH3 is 1. The van der Waals surface area contributed by atoms with E-state index in [1.807, 2.05) is 6.07 Å². The third-order valence-electron chi connectivity index (χ3n) is 11.4. The molecule has 1 aromatic heterocycles. The van der Waals surface area contributed by atoms with Crippen LogP contribution in [0.1, 0.15) is 85.1 Å². The Morgan fingerprint density at radius 3 is 2.31 bits per heavy atom. The van der Waals surface area contributed by atoms with E-state index in [0.717, 1.165) is 30.4 Å². The van der Waals surface area contributed by atoms with E-state index in [4.69, 9.17) is 23.4 Å². The fourth-order valence-corrected chi connectivity index (χ4v) is 8.17. The third-order valence-corrected chi connectivity index (χ3v) is 11.4. The summed E-state index contributed by atoms with van der Waals surface area (Å²) >= 11 is 0. The molecule has 3 unspecified atom stereocenters. The number of aryl methyl sites for hydroxylation is 2. The van der Waals surface area contributed by atoms with Crippen LogP contribution in [0.3, 0.4) is 0 Å². The molecule has 1 N–H and O–H groups in total. The van der Waals surface area contributed by atoms with Gasteiger partial charge in [-0.25, -0.2) is 9.59 Å². The van der Waals surface area contributed by atoms with Crippen LogP contribution in [0, 0.1) is 5.92 Å². The predicted octanol–water partition coefficient (Wildman–Crippen LogP) is 8.38. The summed E-state index contributed by atoms with van der Waals surface area (Å²) in [6, 6.07) is 32.6. The van der Waals surface area contributed by atoms with Crippen LogP contribution < -0.4 is 10.4 Å². The van der Waals surface area contributed by atoms with Gasteiger partial charge in [-0.15, -0.1) is 0 Å². The first-order valence-corrected chi connectivity index (χ1v) is 20.2. The summed E-state index contributed by atoms with van der Waals surface area (Å²) in [6.07, 6.45) is 2.02. The van der Waals surface area contributed by atoms with Crippen LogP contribution in [0.15, 0.2) is 117 Å². The fourth-order valence-electron chi connectivity index (χ4n) is 8.17. The highest BCUT2D eigenvalue weighted by atomic mass is 16.6. The number of carbonyl (C=O) groups is 2. The van der Waals surface area contributed by atoms with Crippen LogP contribution in [-0.4, -0.2) is 49.1 Å². The van der Waals surface area contributed by atoms with Crippen molar-refractivity contribution in [1.29, 1.82) is 0 Å². The second-order valence-corrected chi connectivity index (χ2v) is 16.2. The number of rotatable bonds is 9. The van der Waals surface area contributed by atoms with Crippen molar-refractivity contribution in [2.75, 3.05) is 20.3 Å². The minimum absolute atomic E-state index is 0.0760. The van der Waals surface area contributed by atoms with E-state index in [1.54, 1.807) is 46.1 Å². The zero-order valence-corrected chi connectivity index (χ0v) is 33.8. The third kappa shape index (κ3) is 9.43. The average molecular weight is 785 g/mol. The van der Waals surface area contributed by atoms with Crippen LogP contribution in [0.2, 0.25) is 0 Å². The Balaban J connectivity index is 1.26. The number of hydrogen-bond acceptors (Lipinski definition) is 9. The Kier molecular flexibility index (Phi) is 12.6. The molecule has 2 bridgehead atoms. The Labute approximate surface area is 339 Å². The van der Waals surface area contributed by atoms with Crippen molar-refractivity contribution in [2.24, 2.45) is 5.92 Å². The van der Waals surface area contributed by atoms with Gasteiger partial charge in [-0.1, -0.05) is 78.9 Å². The second-order valence-electron chi connectivity index (χ2n) is 16.2. The van der Waals surface area contributed by atoms with Crippen LogP contribution in [0.25, 0.3) is 11.0 Å². The lowest BCUT2D eigenvalue weighted by atomic mass is 9.86. The highest BCUT2D eigenvalue weighted by Gasteiger charge is 2.50. The average Bonchev–Trinajstić information content (AvgIpc) is 3.21. The molecule has 0 saturated carbocycles. The van der Waals surface area contributed by atoms with E-state index >= 15 is 0 Å². The van der Waals surface area contributed by atoms with Gasteiger partial charge in [0.15, 0.2) is 12.2 Å². The molecule has 0 saturated heterocycles. The number of benzene rings is 4. The molecule has 3 atom stereocenters. The smallest absolute Gasteiger partial charge is 0.339 e. The van der Waals surface area contributed by atoms with Gasteiger partial charge in [0, 0.05) is 36.5 Å². The number of aliphatic hydroxyl groups is 1. The fraction of sp³-hybridized carbons (Fsp3) is 0.367. The normalized spacial score (nSPS) is 20.4. The van der Waals surface area contributed by atoms with Gasteiger partial charge in [-0.05, 0) is 117 Å². The van der Waals surface area contributed by atoms with Gasteiger partial charge in [0.2, 0.25) is 0 Å². The van der Waals surface area contributed by atoms with Crippen molar-refractivity contribution in [3.63, 3.8) is 0 Å². The molecule has 4 heterocycles. The van der Waals surface area contributed by atoms with E-state index < -0.39 is 35.4 Å². The van der Waals surface area contributed by atoms with Gasteiger partial charge in [0.1, 0.15) is 16.9 Å². The maximum absolute atomic E-state index is 14.4. The molecule has 0 fully saturated rings. The minimum atomic E-state index is -1.18. The van der Waals surface area contributed by atoms with Gasteiger partial charge in [-0.3, -0.25) is 4.79 Å². The molecule has 0 amide bonds. The lowest BCUT2D eigenvalue weighted by Gasteiger charge is -2.43. The Hall–Kier alpha value is -5.51. The first-order chi connectivity index (χ1) is 28.0. The van der Waals surface area contributed by atoms with Gasteiger partial charge in [-0.2, -0.15) is 0 Å². The molecule has 0 spiro atoms. The van der Waals surface area contributed by atoms with Crippen molar-refractivity contribution in [3.8, 4) is 5.75 Å². The van der Waals surface area contributed by atoms with E-state index in [0.29, 0.717) is 65.7 Å². The Morgan fingerprint density at radius 2 is 1.55 bits per heavy atom. The summed E-state index contributed by atoms with van der Waals surface area (Å²) in [6.45, 7) is 5.27. The zero-order valence-electron chi connectivity index (χ0n) is 33.8. The van der Waals surface area contributed by atoms with Crippen LogP contribution in [0.5, 0.6) is 5.75 Å². The van der Waals surface area contributed by atoms with Crippen molar-refractivity contribution in [2.45, 2.75) is 89.9 Å². The molecule has 0 radical (unpaired) electrons. The minimum Gasteiger partial charge on any atom is -0.483 e. The lowest BCUT2D eigenvalue weighted by Crippen LogP contribution is -2.52. The van der Waals surface area contributed by atoms with E-state index in [-0.39, 0.29) is 24.5 Å². The Bertz CT molecular complexity index is 2340. The molecule has 8 rings (SSSR count). The SMILES string of the molecule is COCCc1cc2ccc3c(c2oc1=O)C1OC(=O)CC(CCc2cccc(Cc4ccccc4)c2)Cc2ccc(cc2)CCC(=C(C)CO)C(=O)OC1C(C)(C)O3. The summed E-state index contributed by atoms with van der Waals surface area (Å²) in [5, 5.41) is 10.8. The molecule has 302 valence electrons. The summed E-state index contributed by atoms with van der Waals surface area (Å²) in [7, 11) is 1.57. The number of esters is 2. The number of carbonyl (C=O) groups excluding carboxylic acids is 2. The van der Waals surface area contributed by atoms with Gasteiger partial charge in [0.05, 0.1) is 18.8 Å². The van der Waals surface area contributed by atoms with Crippen molar-refractivity contribution in [1.82, 2.24) is 0 Å². The molecule has 0 aliphatic carbocycles. The number of hydrogen-bond donors (Lipinski definition) is 1. The topological polar surface area (TPSA) is 122 Å². The van der Waals surface area contributed by atoms with Crippen LogP contribution >= 0.6 is 0 Å². The van der Waals surface area contributed by atoms with Gasteiger partial charge >= 0.3 is 17.6 Å². The number of aliphatic hydroxyl groups excluding tert-OH is 1. The molecule has 58 heavy (non-hydrogen) atoms. The number of fused-ring (bicyclic) bond motifs is 13. The molecule has 9 nitrogen and oxygen atoms in total. The van der Waals surface area contributed by atoms with Gasteiger partial charge < -0.3 is 28.5 Å². The quantitative estimate of drug-likeness (QED) is 0.0893. The van der Waals surface area contributed by atoms with E-state index in [2.05, 4.69) is 72.8 Å². The first-order valence-electron chi connectivity index (χ1n) is 20.2.